The largest absolute Gasteiger partial charge is 0.329 e. The summed E-state index contributed by atoms with van der Waals surface area (Å²) in [6.07, 6.45) is 2.05. The number of fused-ring (bicyclic) bond motifs is 1. The highest BCUT2D eigenvalue weighted by Gasteiger charge is 2.29. The molecule has 0 fully saturated rings. The maximum absolute atomic E-state index is 6.07. The van der Waals surface area contributed by atoms with E-state index in [0.717, 1.165) is 41.3 Å². The molecule has 1 unspecified atom stereocenters. The molecule has 104 valence electrons. The van der Waals surface area contributed by atoms with Crippen LogP contribution in [0.25, 0.3) is 11.0 Å². The first-order valence-corrected chi connectivity index (χ1v) is 7.30. The fraction of sp³-hybridized carbons (Fsp3) is 0.533. The molecule has 1 heterocycles. The van der Waals surface area contributed by atoms with Gasteiger partial charge in [-0.05, 0) is 31.0 Å². The van der Waals surface area contributed by atoms with Crippen molar-refractivity contribution in [2.24, 2.45) is 5.73 Å². The van der Waals surface area contributed by atoms with Gasteiger partial charge >= 0.3 is 0 Å². The van der Waals surface area contributed by atoms with Crippen molar-refractivity contribution < 1.29 is 0 Å². The van der Waals surface area contributed by atoms with Crippen LogP contribution in [0.4, 0.5) is 0 Å². The molecule has 3 nitrogen and oxygen atoms in total. The summed E-state index contributed by atoms with van der Waals surface area (Å²) in [5.41, 5.74) is 8.01. The molecule has 0 saturated heterocycles. The summed E-state index contributed by atoms with van der Waals surface area (Å²) < 4.78 is 2.29. The van der Waals surface area contributed by atoms with E-state index in [2.05, 4.69) is 31.4 Å². The van der Waals surface area contributed by atoms with E-state index in [0.29, 0.717) is 6.54 Å². The number of nitrogens with zero attached hydrogens (tertiary/aromatic N) is 2. The van der Waals surface area contributed by atoms with Gasteiger partial charge in [-0.25, -0.2) is 4.98 Å². The SMILES string of the molecule is CCCn1c(C(C)(CC)CN)nc2cc(Cl)ccc21. The molecule has 2 aromatic rings. The van der Waals surface area contributed by atoms with Crippen LogP contribution in [0.2, 0.25) is 5.02 Å². The molecule has 0 amide bonds. The first kappa shape index (κ1) is 14.4. The van der Waals surface area contributed by atoms with Crippen molar-refractivity contribution in [2.75, 3.05) is 6.54 Å². The smallest absolute Gasteiger partial charge is 0.117 e. The average molecular weight is 280 g/mol. The molecule has 1 aromatic heterocycles. The van der Waals surface area contributed by atoms with E-state index in [9.17, 15) is 0 Å². The van der Waals surface area contributed by atoms with Crippen LogP contribution in [0.15, 0.2) is 18.2 Å². The van der Waals surface area contributed by atoms with Gasteiger partial charge in [0, 0.05) is 23.5 Å². The van der Waals surface area contributed by atoms with E-state index >= 15 is 0 Å². The summed E-state index contributed by atoms with van der Waals surface area (Å²) in [7, 11) is 0. The monoisotopic (exact) mass is 279 g/mol. The van der Waals surface area contributed by atoms with Gasteiger partial charge in [0.2, 0.25) is 0 Å². The Bertz CT molecular complexity index is 570. The van der Waals surface area contributed by atoms with Crippen LogP contribution in [0.3, 0.4) is 0 Å². The van der Waals surface area contributed by atoms with Gasteiger partial charge in [-0.2, -0.15) is 0 Å². The van der Waals surface area contributed by atoms with Crippen molar-refractivity contribution in [3.05, 3.63) is 29.0 Å². The quantitative estimate of drug-likeness (QED) is 0.906. The summed E-state index contributed by atoms with van der Waals surface area (Å²) in [5.74, 6) is 1.08. The van der Waals surface area contributed by atoms with Crippen LogP contribution in [0.1, 0.15) is 39.4 Å². The van der Waals surface area contributed by atoms with E-state index in [1.807, 2.05) is 12.1 Å². The number of hydrogen-bond donors (Lipinski definition) is 1. The number of rotatable bonds is 5. The van der Waals surface area contributed by atoms with Gasteiger partial charge in [0.1, 0.15) is 5.82 Å². The predicted octanol–water partition coefficient (Wildman–Crippen LogP) is 3.73. The van der Waals surface area contributed by atoms with Crippen molar-refractivity contribution in [1.29, 1.82) is 0 Å². The fourth-order valence-electron chi connectivity index (χ4n) is 2.41. The summed E-state index contributed by atoms with van der Waals surface area (Å²) in [6.45, 7) is 8.09. The Morgan fingerprint density at radius 2 is 2.11 bits per heavy atom. The van der Waals surface area contributed by atoms with E-state index in [4.69, 9.17) is 22.3 Å². The normalized spacial score (nSPS) is 14.8. The zero-order valence-electron chi connectivity index (χ0n) is 11.9. The number of aromatic nitrogens is 2. The Hall–Kier alpha value is -1.06. The van der Waals surface area contributed by atoms with Crippen LogP contribution < -0.4 is 5.73 Å². The molecule has 0 aliphatic heterocycles. The maximum Gasteiger partial charge on any atom is 0.117 e. The standard InChI is InChI=1S/C15H22ClN3/c1-4-8-19-13-7-6-11(16)9-12(13)18-14(19)15(3,5-2)10-17/h6-7,9H,4-5,8,10,17H2,1-3H3. The number of hydrogen-bond acceptors (Lipinski definition) is 2. The molecule has 0 aliphatic rings. The lowest BCUT2D eigenvalue weighted by atomic mass is 9.86. The van der Waals surface area contributed by atoms with Gasteiger partial charge in [-0.1, -0.05) is 32.4 Å². The molecule has 1 aromatic carbocycles. The van der Waals surface area contributed by atoms with Gasteiger partial charge in [-0.15, -0.1) is 0 Å². The van der Waals surface area contributed by atoms with Crippen molar-refractivity contribution in [1.82, 2.24) is 9.55 Å². The Morgan fingerprint density at radius 1 is 1.37 bits per heavy atom. The van der Waals surface area contributed by atoms with Gasteiger partial charge < -0.3 is 10.3 Å². The molecule has 0 bridgehead atoms. The first-order valence-electron chi connectivity index (χ1n) is 6.92. The molecule has 0 aliphatic carbocycles. The second-order valence-corrected chi connectivity index (χ2v) is 5.77. The topological polar surface area (TPSA) is 43.8 Å². The average Bonchev–Trinajstić information content (AvgIpc) is 2.77. The summed E-state index contributed by atoms with van der Waals surface area (Å²) in [4.78, 5) is 4.80. The van der Waals surface area contributed by atoms with Gasteiger partial charge in [0.05, 0.1) is 11.0 Å². The van der Waals surface area contributed by atoms with Crippen LogP contribution in [-0.4, -0.2) is 16.1 Å². The Labute approximate surface area is 119 Å². The van der Waals surface area contributed by atoms with Crippen LogP contribution in [0.5, 0.6) is 0 Å². The zero-order chi connectivity index (χ0) is 14.0. The van der Waals surface area contributed by atoms with Crippen LogP contribution in [-0.2, 0) is 12.0 Å². The molecule has 1 atom stereocenters. The zero-order valence-corrected chi connectivity index (χ0v) is 12.7. The van der Waals surface area contributed by atoms with E-state index < -0.39 is 0 Å². The van der Waals surface area contributed by atoms with Gasteiger partial charge in [0.15, 0.2) is 0 Å². The van der Waals surface area contributed by atoms with Crippen LogP contribution >= 0.6 is 11.6 Å². The lowest BCUT2D eigenvalue weighted by Crippen LogP contribution is -2.34. The Kier molecular flexibility index (Phi) is 4.16. The second-order valence-electron chi connectivity index (χ2n) is 5.34. The van der Waals surface area contributed by atoms with E-state index in [1.165, 1.54) is 0 Å². The maximum atomic E-state index is 6.07. The minimum absolute atomic E-state index is 0.0827. The third-order valence-electron chi connectivity index (χ3n) is 3.93. The van der Waals surface area contributed by atoms with E-state index in [-0.39, 0.29) is 5.41 Å². The van der Waals surface area contributed by atoms with Crippen LogP contribution in [0, 0.1) is 0 Å². The predicted molar refractivity (Wildman–Crippen MR) is 81.7 cm³/mol. The minimum atomic E-state index is -0.0827. The number of imidazole rings is 1. The van der Waals surface area contributed by atoms with Crippen molar-refractivity contribution >= 4 is 22.6 Å². The highest BCUT2D eigenvalue weighted by atomic mass is 35.5. The second kappa shape index (κ2) is 5.51. The highest BCUT2D eigenvalue weighted by Crippen LogP contribution is 2.30. The molecule has 0 saturated carbocycles. The minimum Gasteiger partial charge on any atom is -0.329 e. The number of benzene rings is 1. The molecule has 2 N–H and O–H groups in total. The summed E-state index contributed by atoms with van der Waals surface area (Å²) in [6, 6.07) is 5.91. The van der Waals surface area contributed by atoms with Crippen molar-refractivity contribution in [3.8, 4) is 0 Å². The number of nitrogens with two attached hydrogens (primary N) is 1. The third-order valence-corrected chi connectivity index (χ3v) is 4.16. The number of halogens is 1. The lowest BCUT2D eigenvalue weighted by molar-refractivity contribution is 0.416. The molecule has 4 heteroatoms. The lowest BCUT2D eigenvalue weighted by Gasteiger charge is -2.26. The van der Waals surface area contributed by atoms with Crippen molar-refractivity contribution in [3.63, 3.8) is 0 Å². The molecule has 19 heavy (non-hydrogen) atoms. The summed E-state index contributed by atoms with van der Waals surface area (Å²) >= 11 is 6.07. The highest BCUT2D eigenvalue weighted by molar-refractivity contribution is 6.31. The first-order chi connectivity index (χ1) is 9.05. The third kappa shape index (κ3) is 2.49. The molecule has 2 rings (SSSR count). The fourth-order valence-corrected chi connectivity index (χ4v) is 2.57. The van der Waals surface area contributed by atoms with Crippen molar-refractivity contribution in [2.45, 2.75) is 45.6 Å². The van der Waals surface area contributed by atoms with Gasteiger partial charge in [-0.3, -0.25) is 0 Å². The molecule has 0 spiro atoms. The Balaban J connectivity index is 2.68. The van der Waals surface area contributed by atoms with Gasteiger partial charge in [0.25, 0.3) is 0 Å². The molecular weight excluding hydrogens is 258 g/mol. The molecule has 0 radical (unpaired) electrons. The Morgan fingerprint density at radius 3 is 2.68 bits per heavy atom. The molecular formula is C15H22ClN3. The van der Waals surface area contributed by atoms with E-state index in [1.54, 1.807) is 0 Å². The summed E-state index contributed by atoms with van der Waals surface area (Å²) in [5, 5.41) is 0.728. The number of aryl methyl sites for hydroxylation is 1.